The molecule has 6 aromatic rings. The van der Waals surface area contributed by atoms with E-state index >= 15 is 0 Å². The number of hydrogen-bond acceptors (Lipinski definition) is 0. The third-order valence-corrected chi connectivity index (χ3v) is 8.77. The zero-order valence-electron chi connectivity index (χ0n) is 21.5. The molecule has 34 heavy (non-hydrogen) atoms. The summed E-state index contributed by atoms with van der Waals surface area (Å²) in [6.07, 6.45) is 0. The first-order valence-corrected chi connectivity index (χ1v) is 12.2. The summed E-state index contributed by atoms with van der Waals surface area (Å²) < 4.78 is 2.49. The van der Waals surface area contributed by atoms with E-state index in [1.807, 2.05) is 0 Å². The first-order chi connectivity index (χ1) is 16.2. The highest BCUT2D eigenvalue weighted by Crippen LogP contribution is 2.32. The first-order valence-electron chi connectivity index (χ1n) is 12.2. The Morgan fingerprint density at radius 2 is 1.18 bits per heavy atom. The smallest absolute Gasteiger partial charge is 0.141 e. The van der Waals surface area contributed by atoms with Gasteiger partial charge in [-0.15, -0.1) is 10.9 Å². The van der Waals surface area contributed by atoms with Crippen LogP contribution >= 0.6 is 0 Å². The number of aromatic nitrogens is 2. The number of benzene rings is 4. The number of rotatable bonds is 1. The fourth-order valence-electron chi connectivity index (χ4n) is 6.10. The number of H-pyrrole nitrogens is 1. The molecule has 1 N–H and O–H groups in total. The molecule has 0 bridgehead atoms. The second-order valence-electron chi connectivity index (χ2n) is 10.2. The molecular formula is C24H24B8N2. The molecule has 0 saturated carbocycles. The lowest BCUT2D eigenvalue weighted by molar-refractivity contribution is 1.19. The van der Waals surface area contributed by atoms with Crippen LogP contribution in [0.5, 0.6) is 0 Å². The number of hydrogen-bond donors (Lipinski definition) is 1. The fraction of sp³-hybridized carbons (Fsp3) is 0. The minimum Gasteiger partial charge on any atom is -0.355 e. The van der Waals surface area contributed by atoms with Crippen molar-refractivity contribution in [2.24, 2.45) is 0 Å². The van der Waals surface area contributed by atoms with Crippen molar-refractivity contribution in [3.63, 3.8) is 0 Å². The Morgan fingerprint density at radius 3 is 1.91 bits per heavy atom. The van der Waals surface area contributed by atoms with Gasteiger partial charge in [-0.25, -0.2) is 0 Å². The second kappa shape index (κ2) is 7.25. The third-order valence-electron chi connectivity index (χ3n) is 8.77. The summed E-state index contributed by atoms with van der Waals surface area (Å²) in [5.41, 5.74) is 17.4. The number of para-hydroxylation sites is 1. The van der Waals surface area contributed by atoms with Gasteiger partial charge in [-0.05, 0) is 29.7 Å². The summed E-state index contributed by atoms with van der Waals surface area (Å²) in [5.74, 6) is 0. The topological polar surface area (TPSA) is 20.7 Å². The highest BCUT2D eigenvalue weighted by Gasteiger charge is 2.20. The van der Waals surface area contributed by atoms with Crippen molar-refractivity contribution in [1.82, 2.24) is 9.55 Å². The standard InChI is InChI=1S/C24H24B8N2/c25-15-13-10-7-8(5-6-11(10)33-23(13)21(31)19(29)17(15)27)34-12-4-2-1-3-9(12)14-16(26)18(28)20(30)22(32)24(14)34/h1-7,33H,25-32H2. The molecule has 6 rings (SSSR count). The molecule has 0 unspecified atom stereocenters. The molecule has 0 radical (unpaired) electrons. The van der Waals surface area contributed by atoms with Crippen molar-refractivity contribution in [3.05, 3.63) is 42.5 Å². The van der Waals surface area contributed by atoms with Gasteiger partial charge in [0, 0.05) is 38.4 Å². The van der Waals surface area contributed by atoms with Crippen LogP contribution in [0.1, 0.15) is 0 Å². The van der Waals surface area contributed by atoms with Gasteiger partial charge in [-0.3, -0.25) is 0 Å². The van der Waals surface area contributed by atoms with Gasteiger partial charge in [0.15, 0.2) is 0 Å². The van der Waals surface area contributed by atoms with Crippen LogP contribution in [-0.4, -0.2) is 72.3 Å². The van der Waals surface area contributed by atoms with Crippen molar-refractivity contribution in [3.8, 4) is 5.69 Å². The van der Waals surface area contributed by atoms with Gasteiger partial charge < -0.3 is 9.55 Å². The van der Waals surface area contributed by atoms with E-state index in [1.165, 1.54) is 93.0 Å². The summed E-state index contributed by atoms with van der Waals surface area (Å²) in [7, 11) is 18.1. The van der Waals surface area contributed by atoms with Crippen LogP contribution < -0.4 is 43.7 Å². The Bertz CT molecular complexity index is 1850. The monoisotopic (exact) mass is 428 g/mol. The minimum absolute atomic E-state index is 1.20. The van der Waals surface area contributed by atoms with Gasteiger partial charge in [-0.1, -0.05) is 51.0 Å². The Balaban J connectivity index is 1.80. The van der Waals surface area contributed by atoms with Gasteiger partial charge in [-0.2, -0.15) is 0 Å². The zero-order chi connectivity index (χ0) is 24.0. The molecule has 4 aromatic carbocycles. The van der Waals surface area contributed by atoms with Gasteiger partial charge >= 0.3 is 0 Å². The van der Waals surface area contributed by atoms with E-state index in [9.17, 15) is 0 Å². The second-order valence-corrected chi connectivity index (χ2v) is 10.2. The quantitative estimate of drug-likeness (QED) is 0.252. The molecule has 2 heterocycles. The molecule has 0 spiro atoms. The van der Waals surface area contributed by atoms with Crippen molar-refractivity contribution in [1.29, 1.82) is 0 Å². The van der Waals surface area contributed by atoms with E-state index in [4.69, 9.17) is 0 Å². The lowest BCUT2D eigenvalue weighted by Crippen LogP contribution is -2.48. The Hall–Kier alpha value is -3.00. The molecule has 0 aliphatic carbocycles. The summed E-state index contributed by atoms with van der Waals surface area (Å²) in [6, 6.07) is 15.8. The maximum Gasteiger partial charge on any atom is 0.141 e. The van der Waals surface area contributed by atoms with Crippen LogP contribution in [0.15, 0.2) is 42.5 Å². The molecule has 0 fully saturated rings. The zero-order valence-corrected chi connectivity index (χ0v) is 21.5. The molecular weight excluding hydrogens is 403 g/mol. The molecule has 0 atom stereocenters. The molecule has 10 heteroatoms. The fourth-order valence-corrected chi connectivity index (χ4v) is 6.10. The number of aromatic amines is 1. The number of nitrogens with one attached hydrogen (secondary N) is 1. The summed E-state index contributed by atoms with van der Waals surface area (Å²) in [5, 5.41) is 5.38. The summed E-state index contributed by atoms with van der Waals surface area (Å²) in [4.78, 5) is 3.73. The predicted molar refractivity (Wildman–Crippen MR) is 176 cm³/mol. The molecule has 0 amide bonds. The van der Waals surface area contributed by atoms with E-state index in [0.717, 1.165) is 0 Å². The van der Waals surface area contributed by atoms with Crippen molar-refractivity contribution in [2.75, 3.05) is 0 Å². The van der Waals surface area contributed by atoms with Crippen molar-refractivity contribution < 1.29 is 0 Å². The first kappa shape index (κ1) is 21.5. The predicted octanol–water partition coefficient (Wildman–Crippen LogP) is -7.51. The molecule has 0 aliphatic heterocycles. The van der Waals surface area contributed by atoms with Crippen LogP contribution in [0.2, 0.25) is 0 Å². The molecule has 0 aliphatic rings. The average molecular weight is 427 g/mol. The highest BCUT2D eigenvalue weighted by molar-refractivity contribution is 6.68. The van der Waals surface area contributed by atoms with E-state index in [2.05, 4.69) is 115 Å². The van der Waals surface area contributed by atoms with Gasteiger partial charge in [0.1, 0.15) is 62.8 Å². The van der Waals surface area contributed by atoms with E-state index < -0.39 is 0 Å². The van der Waals surface area contributed by atoms with Gasteiger partial charge in [0.2, 0.25) is 0 Å². The summed E-state index contributed by atoms with van der Waals surface area (Å²) in [6.45, 7) is 0. The SMILES string of the molecule is Bc1c(B)c(B)c2c([nH]c3ccc(-n4c5ccccc5c5c(B)c(B)c(B)c(B)c54)cc32)c1B. The maximum absolute atomic E-state index is 3.73. The largest absolute Gasteiger partial charge is 0.355 e. The lowest BCUT2D eigenvalue weighted by Gasteiger charge is -2.16. The van der Waals surface area contributed by atoms with Crippen molar-refractivity contribution >= 4 is 150 Å². The molecule has 2 nitrogen and oxygen atoms in total. The Kier molecular flexibility index (Phi) is 4.59. The summed E-state index contributed by atoms with van der Waals surface area (Å²) >= 11 is 0. The maximum atomic E-state index is 3.73. The van der Waals surface area contributed by atoms with Crippen LogP contribution in [0.3, 0.4) is 0 Å². The van der Waals surface area contributed by atoms with Gasteiger partial charge in [0.25, 0.3) is 0 Å². The van der Waals surface area contributed by atoms with Gasteiger partial charge in [0.05, 0.1) is 5.52 Å². The Labute approximate surface area is 207 Å². The molecule has 154 valence electrons. The van der Waals surface area contributed by atoms with Crippen molar-refractivity contribution in [2.45, 2.75) is 0 Å². The average Bonchev–Trinajstić information content (AvgIpc) is 3.39. The van der Waals surface area contributed by atoms with Crippen LogP contribution in [0, 0.1) is 0 Å². The van der Waals surface area contributed by atoms with Crippen LogP contribution in [-0.2, 0) is 0 Å². The number of nitrogens with zero attached hydrogens (tertiary/aromatic N) is 1. The third kappa shape index (κ3) is 2.63. The van der Waals surface area contributed by atoms with Crippen LogP contribution in [0.4, 0.5) is 0 Å². The highest BCUT2D eigenvalue weighted by atomic mass is 15.0. The molecule has 2 aromatic heterocycles. The minimum atomic E-state index is 1.20. The van der Waals surface area contributed by atoms with E-state index in [1.54, 1.807) is 0 Å². The lowest BCUT2D eigenvalue weighted by atomic mass is 9.65. The van der Waals surface area contributed by atoms with E-state index in [-0.39, 0.29) is 0 Å². The molecule has 0 saturated heterocycles. The number of fused-ring (bicyclic) bond motifs is 6. The van der Waals surface area contributed by atoms with E-state index in [0.29, 0.717) is 0 Å². The normalized spacial score (nSPS) is 11.9. The Morgan fingerprint density at radius 1 is 0.559 bits per heavy atom. The van der Waals surface area contributed by atoms with Crippen LogP contribution in [0.25, 0.3) is 49.3 Å².